The van der Waals surface area contributed by atoms with E-state index in [1.165, 1.54) is 0 Å². The van der Waals surface area contributed by atoms with Gasteiger partial charge in [-0.25, -0.2) is 0 Å². The Morgan fingerprint density at radius 2 is 2.09 bits per heavy atom. The van der Waals surface area contributed by atoms with E-state index in [1.54, 1.807) is 16.7 Å². The van der Waals surface area contributed by atoms with E-state index in [1.807, 2.05) is 31.3 Å². The van der Waals surface area contributed by atoms with Crippen molar-refractivity contribution in [2.45, 2.75) is 0 Å². The van der Waals surface area contributed by atoms with Crippen LogP contribution in [0.4, 0.5) is 0 Å². The maximum Gasteiger partial charge on any atom is 0.275 e. The second-order valence-corrected chi connectivity index (χ2v) is 5.92. The molecule has 0 aliphatic carbocycles. The molecular formula is C16H20N4O3. The molecular weight excluding hydrogens is 296 g/mol. The summed E-state index contributed by atoms with van der Waals surface area (Å²) in [4.78, 5) is 26.1. The average molecular weight is 316 g/mol. The van der Waals surface area contributed by atoms with Crippen LogP contribution in [0.5, 0.6) is 0 Å². The number of aromatic nitrogens is 2. The minimum absolute atomic E-state index is 0.0728. The summed E-state index contributed by atoms with van der Waals surface area (Å²) < 4.78 is 6.84. The van der Waals surface area contributed by atoms with Gasteiger partial charge in [-0.15, -0.1) is 0 Å². The minimum Gasteiger partial charge on any atom is -0.384 e. The number of amides is 2. The Bertz CT molecular complexity index is 755. The largest absolute Gasteiger partial charge is 0.384 e. The molecule has 1 aromatic carbocycles. The van der Waals surface area contributed by atoms with Gasteiger partial charge >= 0.3 is 0 Å². The number of para-hydroxylation sites is 1. The van der Waals surface area contributed by atoms with Crippen molar-refractivity contribution in [1.82, 2.24) is 14.7 Å². The highest BCUT2D eigenvalue weighted by molar-refractivity contribution is 6.05. The van der Waals surface area contributed by atoms with Gasteiger partial charge in [0.2, 0.25) is 5.91 Å². The fraction of sp³-hybridized carbons (Fsp3) is 0.438. The van der Waals surface area contributed by atoms with Crippen LogP contribution in [-0.2, 0) is 16.6 Å². The monoisotopic (exact) mass is 316 g/mol. The Morgan fingerprint density at radius 3 is 2.78 bits per heavy atom. The molecule has 2 aromatic rings. The number of rotatable bonds is 4. The molecule has 1 aliphatic rings. The minimum atomic E-state index is -0.395. The highest BCUT2D eigenvalue weighted by Crippen LogP contribution is 2.27. The summed E-state index contributed by atoms with van der Waals surface area (Å²) in [7, 11) is 3.39. The van der Waals surface area contributed by atoms with Gasteiger partial charge in [0.05, 0.1) is 18.0 Å². The molecule has 2 heterocycles. The number of hydrogen-bond donors (Lipinski definition) is 1. The third-order valence-corrected chi connectivity index (χ3v) is 4.43. The van der Waals surface area contributed by atoms with E-state index in [-0.39, 0.29) is 17.7 Å². The van der Waals surface area contributed by atoms with Crippen molar-refractivity contribution in [3.05, 3.63) is 30.0 Å². The summed E-state index contributed by atoms with van der Waals surface area (Å²) in [5.41, 5.74) is 6.77. The lowest BCUT2D eigenvalue weighted by Crippen LogP contribution is -2.32. The Kier molecular flexibility index (Phi) is 4.04. The van der Waals surface area contributed by atoms with E-state index in [4.69, 9.17) is 10.5 Å². The highest BCUT2D eigenvalue weighted by Gasteiger charge is 2.39. The second-order valence-electron chi connectivity index (χ2n) is 5.92. The van der Waals surface area contributed by atoms with Crippen molar-refractivity contribution in [2.75, 3.05) is 26.8 Å². The third kappa shape index (κ3) is 2.68. The number of likely N-dealkylation sites (tertiary alicyclic amines) is 1. The molecule has 0 bridgehead atoms. The van der Waals surface area contributed by atoms with Crippen LogP contribution in [0.1, 0.15) is 10.5 Å². The molecule has 2 amide bonds. The lowest BCUT2D eigenvalue weighted by molar-refractivity contribution is -0.122. The maximum absolute atomic E-state index is 12.8. The number of fused-ring (bicyclic) bond motifs is 1. The molecule has 3 rings (SSSR count). The van der Waals surface area contributed by atoms with Gasteiger partial charge in [0.15, 0.2) is 5.69 Å². The Labute approximate surface area is 134 Å². The zero-order chi connectivity index (χ0) is 16.6. The molecule has 7 nitrogen and oxygen atoms in total. The van der Waals surface area contributed by atoms with Crippen LogP contribution in [-0.4, -0.2) is 53.3 Å². The Hall–Kier alpha value is -2.41. The fourth-order valence-electron chi connectivity index (χ4n) is 3.26. The van der Waals surface area contributed by atoms with Crippen molar-refractivity contribution in [1.29, 1.82) is 0 Å². The van der Waals surface area contributed by atoms with Crippen LogP contribution in [0, 0.1) is 11.8 Å². The first kappa shape index (κ1) is 15.5. The Balaban J connectivity index is 1.89. The van der Waals surface area contributed by atoms with Crippen LogP contribution >= 0.6 is 0 Å². The third-order valence-electron chi connectivity index (χ3n) is 4.43. The van der Waals surface area contributed by atoms with Crippen molar-refractivity contribution in [2.24, 2.45) is 24.6 Å². The van der Waals surface area contributed by atoms with Crippen molar-refractivity contribution in [3.8, 4) is 0 Å². The molecule has 2 N–H and O–H groups in total. The van der Waals surface area contributed by atoms with E-state index in [2.05, 4.69) is 5.10 Å². The summed E-state index contributed by atoms with van der Waals surface area (Å²) >= 11 is 0. The molecule has 1 fully saturated rings. The summed E-state index contributed by atoms with van der Waals surface area (Å²) in [6.07, 6.45) is 0. The molecule has 2 atom stereocenters. The van der Waals surface area contributed by atoms with Gasteiger partial charge in [0, 0.05) is 38.6 Å². The molecule has 1 aliphatic heterocycles. The zero-order valence-electron chi connectivity index (χ0n) is 13.2. The topological polar surface area (TPSA) is 90.4 Å². The van der Waals surface area contributed by atoms with Gasteiger partial charge in [-0.1, -0.05) is 18.2 Å². The van der Waals surface area contributed by atoms with E-state index in [0.717, 1.165) is 10.9 Å². The predicted octanol–water partition coefficient (Wildman–Crippen LogP) is 0.393. The van der Waals surface area contributed by atoms with Gasteiger partial charge in [-0.05, 0) is 6.07 Å². The number of nitrogens with two attached hydrogens (primary N) is 1. The van der Waals surface area contributed by atoms with Crippen LogP contribution < -0.4 is 5.73 Å². The van der Waals surface area contributed by atoms with Crippen LogP contribution in [0.25, 0.3) is 10.9 Å². The van der Waals surface area contributed by atoms with Gasteiger partial charge in [0.1, 0.15) is 0 Å². The first-order chi connectivity index (χ1) is 11.0. The first-order valence-corrected chi connectivity index (χ1v) is 7.52. The Morgan fingerprint density at radius 1 is 1.35 bits per heavy atom. The quantitative estimate of drug-likeness (QED) is 0.883. The van der Waals surface area contributed by atoms with Crippen LogP contribution in [0.15, 0.2) is 24.3 Å². The average Bonchev–Trinajstić information content (AvgIpc) is 3.10. The van der Waals surface area contributed by atoms with Gasteiger partial charge < -0.3 is 15.4 Å². The summed E-state index contributed by atoms with van der Waals surface area (Å²) in [5, 5.41) is 5.16. The number of benzene rings is 1. The fourth-order valence-corrected chi connectivity index (χ4v) is 3.26. The number of carbonyl (C=O) groups is 2. The molecule has 23 heavy (non-hydrogen) atoms. The highest BCUT2D eigenvalue weighted by atomic mass is 16.5. The van der Waals surface area contributed by atoms with Gasteiger partial charge in [-0.2, -0.15) is 5.10 Å². The second kappa shape index (κ2) is 6.00. The summed E-state index contributed by atoms with van der Waals surface area (Å²) in [6.45, 7) is 1.17. The number of nitrogens with zero attached hydrogens (tertiary/aromatic N) is 3. The normalized spacial score (nSPS) is 21.0. The molecule has 0 unspecified atom stereocenters. The van der Waals surface area contributed by atoms with Gasteiger partial charge in [0.25, 0.3) is 5.91 Å². The SMILES string of the molecule is COC[C@@H]1CN(C(=O)c2nn(C)c3ccccc23)C[C@H]1C(N)=O. The molecule has 1 aromatic heterocycles. The molecule has 1 saturated heterocycles. The molecule has 0 spiro atoms. The van der Waals surface area contributed by atoms with E-state index >= 15 is 0 Å². The molecule has 0 radical (unpaired) electrons. The van der Waals surface area contributed by atoms with Crippen molar-refractivity contribution >= 4 is 22.7 Å². The molecule has 7 heteroatoms. The van der Waals surface area contributed by atoms with Crippen LogP contribution in [0.2, 0.25) is 0 Å². The number of ether oxygens (including phenoxy) is 1. The van der Waals surface area contributed by atoms with Gasteiger partial charge in [-0.3, -0.25) is 14.3 Å². The van der Waals surface area contributed by atoms with E-state index in [0.29, 0.717) is 25.4 Å². The number of aryl methyl sites for hydroxylation is 1. The maximum atomic E-state index is 12.8. The lowest BCUT2D eigenvalue weighted by atomic mass is 9.96. The number of methoxy groups -OCH3 is 1. The molecule has 0 saturated carbocycles. The van der Waals surface area contributed by atoms with Crippen LogP contribution in [0.3, 0.4) is 0 Å². The predicted molar refractivity (Wildman–Crippen MR) is 84.7 cm³/mol. The summed E-state index contributed by atoms with van der Waals surface area (Å²) in [5.74, 6) is -1.02. The standard InChI is InChI=1S/C16H20N4O3/c1-19-13-6-4-3-5-11(13)14(18-19)16(22)20-7-10(9-23-2)12(8-20)15(17)21/h3-6,10,12H,7-9H2,1-2H3,(H2,17,21)/t10-,12+/m0/s1. The van der Waals surface area contributed by atoms with Crippen molar-refractivity contribution in [3.63, 3.8) is 0 Å². The number of carbonyl (C=O) groups excluding carboxylic acids is 2. The number of hydrogen-bond acceptors (Lipinski definition) is 4. The zero-order valence-corrected chi connectivity index (χ0v) is 13.2. The smallest absolute Gasteiger partial charge is 0.275 e. The molecule has 122 valence electrons. The van der Waals surface area contributed by atoms with E-state index < -0.39 is 5.91 Å². The summed E-state index contributed by atoms with van der Waals surface area (Å²) in [6, 6.07) is 7.59. The van der Waals surface area contributed by atoms with Crippen molar-refractivity contribution < 1.29 is 14.3 Å². The lowest BCUT2D eigenvalue weighted by Gasteiger charge is -2.14. The number of primary amides is 1. The van der Waals surface area contributed by atoms with E-state index in [9.17, 15) is 9.59 Å². The first-order valence-electron chi connectivity index (χ1n) is 7.52.